The van der Waals surface area contributed by atoms with Crippen molar-refractivity contribution in [1.29, 1.82) is 0 Å². The minimum atomic E-state index is -4.51. The van der Waals surface area contributed by atoms with Gasteiger partial charge in [0.1, 0.15) is 0 Å². The summed E-state index contributed by atoms with van der Waals surface area (Å²) in [6, 6.07) is 6.12. The highest BCUT2D eigenvalue weighted by Crippen LogP contribution is 2.42. The van der Waals surface area contributed by atoms with Crippen molar-refractivity contribution in [1.82, 2.24) is 56.4 Å². The van der Waals surface area contributed by atoms with E-state index in [0.29, 0.717) is 61.0 Å². The molecule has 0 radical (unpaired) electrons. The zero-order valence-electron chi connectivity index (χ0n) is 58.3. The summed E-state index contributed by atoms with van der Waals surface area (Å²) < 4.78 is 41.2. The largest absolute Gasteiger partial charge is 0.417 e. The molecule has 1 aromatic carbocycles. The van der Waals surface area contributed by atoms with Crippen LogP contribution in [-0.2, 0) is 17.4 Å². The van der Waals surface area contributed by atoms with Crippen molar-refractivity contribution in [3.63, 3.8) is 0 Å². The zero-order chi connectivity index (χ0) is 65.2. The number of rotatable bonds is 10. The van der Waals surface area contributed by atoms with Gasteiger partial charge in [-0.2, -0.15) is 13.2 Å². The van der Waals surface area contributed by atoms with Crippen LogP contribution in [0.2, 0.25) is 5.02 Å². The Kier molecular flexibility index (Phi) is 28.5. The standard InChI is InChI=1S/C74H124ClF3N12O/c1-12-53(4)67-47-82-54(5)55(6)83-48-68-69(72(91)88-41-22-15-23-42-88)58(9)90(68)70(52(2)3)57(8)85-73(35-20-21-36-73)51-80-39-38-79-37-34-62(32-30-60-31-33-65(66(75)46-60)74(76,77)78)81-40-44-86(10)49-64(45-59-25-16-13-17-26-59)87(11)50-63-29-24-43-89(63)71(56(7)84-67)61-27-18-14-19-28-61/h31,33-34,37,40,44,46,49-50,52-59,61,67-71,80-85H,12-30,32,35-36,38-39,41-43,45,47-48,51H2,1-11H3/t53-,54-,55?,56?,57?,58?,67+,68?,69-,70-,71+/m0/s1. The van der Waals surface area contributed by atoms with Gasteiger partial charge in [0.25, 0.3) is 0 Å². The lowest BCUT2D eigenvalue weighted by atomic mass is 9.74. The van der Waals surface area contributed by atoms with Crippen LogP contribution < -0.4 is 31.9 Å². The fraction of sp³-hybridized carbons (Fsp3) is 0.784. The number of carbonyl (C=O) groups excluding carboxylic acids is 1. The number of nitrogens with one attached hydrogen (secondary N) is 6. The molecular weight excluding hydrogens is 1170 g/mol. The van der Waals surface area contributed by atoms with Crippen LogP contribution in [0.1, 0.15) is 215 Å². The van der Waals surface area contributed by atoms with Gasteiger partial charge in [0, 0.05) is 168 Å². The number of aryl methyl sites for hydroxylation is 1. The summed E-state index contributed by atoms with van der Waals surface area (Å²) in [5, 5.41) is 23.9. The van der Waals surface area contributed by atoms with E-state index in [9.17, 15) is 18.0 Å². The molecule has 1 aromatic rings. The molecule has 3 aliphatic carbocycles. The highest BCUT2D eigenvalue weighted by atomic mass is 35.5. The average molecular weight is 1290 g/mol. The molecule has 5 unspecified atom stereocenters. The Hall–Kier alpha value is -3.64. The van der Waals surface area contributed by atoms with Gasteiger partial charge in [0.05, 0.1) is 23.0 Å². The quantitative estimate of drug-likeness (QED) is 0.134. The van der Waals surface area contributed by atoms with Gasteiger partial charge in [-0.1, -0.05) is 116 Å². The first-order valence-electron chi connectivity index (χ1n) is 36.5. The Labute approximate surface area is 554 Å². The van der Waals surface area contributed by atoms with E-state index < -0.39 is 11.7 Å². The van der Waals surface area contributed by atoms with Gasteiger partial charge in [0.2, 0.25) is 5.91 Å². The molecular formula is C74H124ClF3N12O. The molecule has 4 aliphatic heterocycles. The molecule has 91 heavy (non-hydrogen) atoms. The summed E-state index contributed by atoms with van der Waals surface area (Å²) in [6.07, 6.45) is 34.5. The van der Waals surface area contributed by atoms with E-state index in [1.807, 2.05) is 18.5 Å². The molecule has 0 bridgehead atoms. The summed E-state index contributed by atoms with van der Waals surface area (Å²) in [5.41, 5.74) is 3.53. The smallest absolute Gasteiger partial charge is 0.369 e. The molecule has 8 rings (SSSR count). The minimum Gasteiger partial charge on any atom is -0.369 e. The Morgan fingerprint density at radius 2 is 1.48 bits per heavy atom. The van der Waals surface area contributed by atoms with Gasteiger partial charge in [-0.25, -0.2) is 0 Å². The number of hydrogen-bond donors (Lipinski definition) is 6. The number of aliphatic imine (C=N–C) groups is 1. The molecule has 0 aromatic heterocycles. The fourth-order valence-electron chi connectivity index (χ4n) is 17.1. The van der Waals surface area contributed by atoms with Gasteiger partial charge < -0.3 is 51.5 Å². The van der Waals surface area contributed by atoms with Crippen molar-refractivity contribution in [2.75, 3.05) is 66.5 Å². The molecule has 7 aliphatic rings. The number of allylic oxidation sites excluding steroid dienone is 4. The number of likely N-dealkylation sites (tertiary alicyclic amines) is 1. The van der Waals surface area contributed by atoms with E-state index in [-0.39, 0.29) is 58.8 Å². The van der Waals surface area contributed by atoms with Crippen molar-refractivity contribution < 1.29 is 18.0 Å². The number of amides is 1. The van der Waals surface area contributed by atoms with Gasteiger partial charge in [-0.05, 0) is 159 Å². The monoisotopic (exact) mass is 1290 g/mol. The summed E-state index contributed by atoms with van der Waals surface area (Å²) >= 11 is 6.23. The van der Waals surface area contributed by atoms with Crippen LogP contribution in [0, 0.1) is 29.6 Å². The first kappa shape index (κ1) is 73.2. The Morgan fingerprint density at radius 1 is 0.802 bits per heavy atom. The summed E-state index contributed by atoms with van der Waals surface area (Å²) in [4.78, 5) is 32.0. The van der Waals surface area contributed by atoms with Crippen molar-refractivity contribution in [2.24, 2.45) is 34.6 Å². The van der Waals surface area contributed by atoms with E-state index in [2.05, 4.69) is 151 Å². The van der Waals surface area contributed by atoms with E-state index >= 15 is 0 Å². The second kappa shape index (κ2) is 35.4. The molecule has 1 amide bonds. The maximum absolute atomic E-state index is 14.8. The lowest BCUT2D eigenvalue weighted by Gasteiger charge is -2.60. The lowest BCUT2D eigenvalue weighted by Crippen LogP contribution is -2.76. The third-order valence-corrected chi connectivity index (χ3v) is 23.0. The molecule has 1 spiro atoms. The molecule has 11 atom stereocenters. The summed E-state index contributed by atoms with van der Waals surface area (Å²) in [5.74, 6) is 2.43. The molecule has 4 heterocycles. The van der Waals surface area contributed by atoms with Gasteiger partial charge >= 0.3 is 6.18 Å². The molecule has 17 heteroatoms. The second-order valence-electron chi connectivity index (χ2n) is 29.8. The number of halogens is 4. The van der Waals surface area contributed by atoms with Crippen LogP contribution in [0.4, 0.5) is 13.2 Å². The van der Waals surface area contributed by atoms with E-state index in [0.717, 1.165) is 115 Å². The Balaban J connectivity index is 1.10. The third kappa shape index (κ3) is 20.4. The van der Waals surface area contributed by atoms with Crippen LogP contribution in [0.3, 0.4) is 0 Å². The molecule has 3 saturated heterocycles. The van der Waals surface area contributed by atoms with E-state index in [1.54, 1.807) is 0 Å². The van der Waals surface area contributed by atoms with E-state index in [1.165, 1.54) is 107 Å². The fourth-order valence-corrected chi connectivity index (χ4v) is 17.5. The second-order valence-corrected chi connectivity index (χ2v) is 30.2. The molecule has 13 nitrogen and oxygen atoms in total. The van der Waals surface area contributed by atoms with Crippen molar-refractivity contribution in [2.45, 2.75) is 276 Å². The molecule has 3 saturated carbocycles. The number of carbonyl (C=O) groups is 1. The van der Waals surface area contributed by atoms with Crippen molar-refractivity contribution >= 4 is 23.7 Å². The van der Waals surface area contributed by atoms with Crippen LogP contribution in [-0.4, -0.2) is 163 Å². The average Bonchev–Trinajstić information content (AvgIpc) is 0.994. The Morgan fingerprint density at radius 3 is 2.15 bits per heavy atom. The first-order chi connectivity index (χ1) is 43.7. The predicted octanol–water partition coefficient (Wildman–Crippen LogP) is 13.8. The van der Waals surface area contributed by atoms with Crippen molar-refractivity contribution in [3.05, 3.63) is 82.3 Å². The third-order valence-electron chi connectivity index (χ3n) is 22.7. The number of nitrogens with zero attached hydrogens (tertiary/aromatic N) is 6. The maximum Gasteiger partial charge on any atom is 0.417 e. The number of benzene rings is 1. The van der Waals surface area contributed by atoms with Gasteiger partial charge in [-0.3, -0.25) is 14.7 Å². The summed E-state index contributed by atoms with van der Waals surface area (Å²) in [6.45, 7) is 28.1. The number of fused-ring (bicyclic) bond motifs is 2. The zero-order valence-corrected chi connectivity index (χ0v) is 59.1. The van der Waals surface area contributed by atoms with Gasteiger partial charge in [0.15, 0.2) is 0 Å². The molecule has 6 fully saturated rings. The van der Waals surface area contributed by atoms with Crippen LogP contribution in [0.25, 0.3) is 0 Å². The van der Waals surface area contributed by atoms with Crippen LogP contribution in [0.5, 0.6) is 0 Å². The topological polar surface area (TPSA) is 118 Å². The minimum absolute atomic E-state index is 0.0446. The van der Waals surface area contributed by atoms with Crippen LogP contribution >= 0.6 is 11.6 Å². The number of hydrogen-bond acceptors (Lipinski definition) is 12. The Bertz CT molecular complexity index is 2530. The highest BCUT2D eigenvalue weighted by Gasteiger charge is 2.55. The number of piperidine rings is 1. The highest BCUT2D eigenvalue weighted by molar-refractivity contribution is 6.31. The van der Waals surface area contributed by atoms with Crippen molar-refractivity contribution in [3.8, 4) is 0 Å². The molecule has 514 valence electrons. The normalized spacial score (nSPS) is 30.8. The summed E-state index contributed by atoms with van der Waals surface area (Å²) in [7, 11) is 4.38. The van der Waals surface area contributed by atoms with Gasteiger partial charge in [-0.15, -0.1) is 0 Å². The SMILES string of the molecule is CC[C@H](C)[C@H]1CN[C@@H](C)C(C)NCC2[C@@H](C(=O)N3CCCCC3)C(C)N2[C@@H](C(C)C)C(C)NC2(CCCC2)CNCCN=CC=C(CCc2ccc(C(F)(F)F)c(Cl)c2)NC=CN(C)C=C(CC2CCCCC2)N(C)C=C2CCCN2[C@@H](C2CCCCC2)C(C)N1. The van der Waals surface area contributed by atoms with E-state index in [4.69, 9.17) is 16.6 Å². The lowest BCUT2D eigenvalue weighted by molar-refractivity contribution is -0.162. The van der Waals surface area contributed by atoms with Crippen LogP contribution in [0.15, 0.2) is 71.2 Å². The maximum atomic E-state index is 14.8. The first-order valence-corrected chi connectivity index (χ1v) is 36.9. The predicted molar refractivity (Wildman–Crippen MR) is 373 cm³/mol. The molecule has 6 N–H and O–H groups in total. The number of alkyl halides is 3.